The number of nitriles is 1. The zero-order valence-corrected chi connectivity index (χ0v) is 15.4. The summed E-state index contributed by atoms with van der Waals surface area (Å²) < 4.78 is 11.9. The number of hydrogen-bond acceptors (Lipinski definition) is 7. The molecule has 4 rings (SSSR count). The fourth-order valence-electron chi connectivity index (χ4n) is 2.78. The summed E-state index contributed by atoms with van der Waals surface area (Å²) in [7, 11) is 0. The molecule has 3 aromatic rings. The Labute approximate surface area is 156 Å². The van der Waals surface area contributed by atoms with Crippen molar-refractivity contribution in [1.82, 2.24) is 4.98 Å². The third-order valence-corrected chi connectivity index (χ3v) is 6.60. The molecule has 1 aliphatic heterocycles. The monoisotopic (exact) mass is 384 g/mol. The highest BCUT2D eigenvalue weighted by molar-refractivity contribution is 7.26. The van der Waals surface area contributed by atoms with Crippen LogP contribution in [0.5, 0.6) is 0 Å². The van der Waals surface area contributed by atoms with Crippen LogP contribution in [0.4, 0.5) is 0 Å². The first-order chi connectivity index (χ1) is 12.4. The SMILES string of the molecule is Cc1nc(-c2cc3cc(C4(C)OC=CO4)cc(C#N)c3s2)sc1C(=O)O. The van der Waals surface area contributed by atoms with Crippen LogP contribution in [0.25, 0.3) is 20.0 Å². The number of aromatic carboxylic acids is 1. The average Bonchev–Trinajstić information content (AvgIpc) is 3.31. The maximum Gasteiger partial charge on any atom is 0.347 e. The van der Waals surface area contributed by atoms with Crippen molar-refractivity contribution in [3.63, 3.8) is 0 Å². The molecule has 0 bridgehead atoms. The highest BCUT2D eigenvalue weighted by Gasteiger charge is 2.33. The van der Waals surface area contributed by atoms with Gasteiger partial charge in [0.1, 0.15) is 28.5 Å². The second-order valence-electron chi connectivity index (χ2n) is 5.86. The van der Waals surface area contributed by atoms with Gasteiger partial charge < -0.3 is 14.6 Å². The molecule has 0 aliphatic carbocycles. The molecule has 1 aromatic carbocycles. The van der Waals surface area contributed by atoms with Gasteiger partial charge in [-0.25, -0.2) is 9.78 Å². The van der Waals surface area contributed by atoms with Crippen molar-refractivity contribution in [2.45, 2.75) is 19.6 Å². The standard InChI is InChI=1S/C18H12N2O4S2/c1-9-14(17(21)22)26-16(20-9)13-7-10-5-12(18(2)23-3-4-24-18)6-11(8-19)15(10)25-13/h3-7H,1-2H3,(H,21,22). The number of rotatable bonds is 3. The van der Waals surface area contributed by atoms with E-state index in [1.807, 2.05) is 12.1 Å². The Balaban J connectivity index is 1.86. The molecule has 8 heteroatoms. The summed E-state index contributed by atoms with van der Waals surface area (Å²) in [6.45, 7) is 3.46. The lowest BCUT2D eigenvalue weighted by atomic mass is 10.0. The number of aromatic nitrogens is 1. The summed E-state index contributed by atoms with van der Waals surface area (Å²) in [6, 6.07) is 7.81. The van der Waals surface area contributed by atoms with Crippen molar-refractivity contribution >= 4 is 38.7 Å². The van der Waals surface area contributed by atoms with Crippen molar-refractivity contribution in [2.75, 3.05) is 0 Å². The van der Waals surface area contributed by atoms with E-state index in [0.29, 0.717) is 16.3 Å². The summed E-state index contributed by atoms with van der Waals surface area (Å²) in [5, 5.41) is 20.3. The lowest BCUT2D eigenvalue weighted by Gasteiger charge is -2.23. The van der Waals surface area contributed by atoms with E-state index in [4.69, 9.17) is 9.47 Å². The Hall–Kier alpha value is -2.89. The summed E-state index contributed by atoms with van der Waals surface area (Å²) in [4.78, 5) is 16.7. The van der Waals surface area contributed by atoms with E-state index in [1.165, 1.54) is 23.9 Å². The van der Waals surface area contributed by atoms with Gasteiger partial charge in [0.05, 0.1) is 20.8 Å². The van der Waals surface area contributed by atoms with Crippen LogP contribution in [0.2, 0.25) is 0 Å². The van der Waals surface area contributed by atoms with Crippen LogP contribution in [-0.2, 0) is 15.3 Å². The molecule has 0 spiro atoms. The molecule has 1 aliphatic rings. The second kappa shape index (κ2) is 5.83. The normalized spacial score (nSPS) is 14.8. The summed E-state index contributed by atoms with van der Waals surface area (Å²) in [6.07, 6.45) is 2.95. The molecule has 2 aromatic heterocycles. The molecule has 0 unspecified atom stereocenters. The number of carbonyl (C=O) groups is 1. The molecule has 0 fully saturated rings. The van der Waals surface area contributed by atoms with Crippen LogP contribution in [0.15, 0.2) is 30.7 Å². The third kappa shape index (κ3) is 2.53. The van der Waals surface area contributed by atoms with Crippen molar-refractivity contribution < 1.29 is 19.4 Å². The van der Waals surface area contributed by atoms with Crippen LogP contribution in [0.3, 0.4) is 0 Å². The number of thiophene rings is 1. The molecule has 1 N–H and O–H groups in total. The average molecular weight is 384 g/mol. The smallest absolute Gasteiger partial charge is 0.347 e. The molecule has 0 radical (unpaired) electrons. The van der Waals surface area contributed by atoms with E-state index >= 15 is 0 Å². The van der Waals surface area contributed by atoms with Crippen LogP contribution in [0, 0.1) is 18.3 Å². The van der Waals surface area contributed by atoms with Crippen molar-refractivity contribution in [2.24, 2.45) is 0 Å². The Morgan fingerprint density at radius 3 is 2.62 bits per heavy atom. The van der Waals surface area contributed by atoms with Gasteiger partial charge in [0.2, 0.25) is 0 Å². The van der Waals surface area contributed by atoms with Crippen LogP contribution >= 0.6 is 22.7 Å². The largest absolute Gasteiger partial charge is 0.477 e. The Bertz CT molecular complexity index is 1110. The molecule has 3 heterocycles. The minimum atomic E-state index is -0.983. The first kappa shape index (κ1) is 16.6. The van der Waals surface area contributed by atoms with Crippen molar-refractivity contribution in [3.05, 3.63) is 52.4 Å². The van der Waals surface area contributed by atoms with Gasteiger partial charge in [0.15, 0.2) is 0 Å². The van der Waals surface area contributed by atoms with Gasteiger partial charge in [-0.2, -0.15) is 5.26 Å². The van der Waals surface area contributed by atoms with Gasteiger partial charge >= 0.3 is 5.97 Å². The quantitative estimate of drug-likeness (QED) is 0.710. The first-order valence-corrected chi connectivity index (χ1v) is 9.24. The highest BCUT2D eigenvalue weighted by atomic mass is 32.1. The molecule has 26 heavy (non-hydrogen) atoms. The molecule has 6 nitrogen and oxygen atoms in total. The van der Waals surface area contributed by atoms with Crippen LogP contribution in [-0.4, -0.2) is 16.1 Å². The van der Waals surface area contributed by atoms with Crippen LogP contribution in [0.1, 0.15) is 33.4 Å². The van der Waals surface area contributed by atoms with E-state index in [-0.39, 0.29) is 4.88 Å². The zero-order chi connectivity index (χ0) is 18.5. The van der Waals surface area contributed by atoms with Gasteiger partial charge in [-0.05, 0) is 30.5 Å². The Morgan fingerprint density at radius 2 is 2.00 bits per heavy atom. The van der Waals surface area contributed by atoms with E-state index in [0.717, 1.165) is 31.9 Å². The predicted molar refractivity (Wildman–Crippen MR) is 98.0 cm³/mol. The Kier molecular flexibility index (Phi) is 3.72. The minimum Gasteiger partial charge on any atom is -0.477 e. The van der Waals surface area contributed by atoms with E-state index < -0.39 is 11.8 Å². The third-order valence-electron chi connectivity index (χ3n) is 4.10. The number of nitrogens with zero attached hydrogens (tertiary/aromatic N) is 2. The van der Waals surface area contributed by atoms with Crippen molar-refractivity contribution in [1.29, 1.82) is 5.26 Å². The number of ether oxygens (including phenoxy) is 2. The molecule has 0 saturated carbocycles. The number of fused-ring (bicyclic) bond motifs is 1. The lowest BCUT2D eigenvalue weighted by Crippen LogP contribution is -2.22. The number of hydrogen-bond donors (Lipinski definition) is 1. The second-order valence-corrected chi connectivity index (χ2v) is 7.91. The molecule has 0 atom stereocenters. The van der Waals surface area contributed by atoms with Crippen molar-refractivity contribution in [3.8, 4) is 16.0 Å². The van der Waals surface area contributed by atoms with E-state index in [2.05, 4.69) is 11.1 Å². The number of carboxylic acid groups (broad SMARTS) is 1. The lowest BCUT2D eigenvalue weighted by molar-refractivity contribution is -0.133. The van der Waals surface area contributed by atoms with Gasteiger partial charge in [-0.3, -0.25) is 0 Å². The summed E-state index contributed by atoms with van der Waals surface area (Å²) in [5.74, 6) is -1.95. The molecular formula is C18H12N2O4S2. The van der Waals surface area contributed by atoms with E-state index in [9.17, 15) is 15.2 Å². The van der Waals surface area contributed by atoms with Gasteiger partial charge in [0, 0.05) is 12.5 Å². The van der Waals surface area contributed by atoms with E-state index in [1.54, 1.807) is 19.9 Å². The number of aryl methyl sites for hydroxylation is 1. The molecular weight excluding hydrogens is 372 g/mol. The Morgan fingerprint density at radius 1 is 1.27 bits per heavy atom. The predicted octanol–water partition coefficient (Wildman–Crippen LogP) is 4.59. The summed E-state index contributed by atoms with van der Waals surface area (Å²) >= 11 is 2.56. The fourth-order valence-corrected chi connectivity index (χ4v) is 4.84. The number of benzene rings is 1. The fraction of sp³-hybridized carbons (Fsp3) is 0.167. The molecule has 0 saturated heterocycles. The van der Waals surface area contributed by atoms with Gasteiger partial charge in [0.25, 0.3) is 5.79 Å². The van der Waals surface area contributed by atoms with Gasteiger partial charge in [-0.15, -0.1) is 22.7 Å². The minimum absolute atomic E-state index is 0.227. The zero-order valence-electron chi connectivity index (χ0n) is 13.8. The summed E-state index contributed by atoms with van der Waals surface area (Å²) in [5.41, 5.74) is 1.74. The molecule has 130 valence electrons. The van der Waals surface area contributed by atoms with Gasteiger partial charge in [-0.1, -0.05) is 0 Å². The number of carboxylic acids is 1. The maximum absolute atomic E-state index is 11.3. The molecule has 0 amide bonds. The van der Waals surface area contributed by atoms with Crippen LogP contribution < -0.4 is 0 Å². The maximum atomic E-state index is 11.3. The highest BCUT2D eigenvalue weighted by Crippen LogP contribution is 2.41. The first-order valence-electron chi connectivity index (χ1n) is 7.61. The number of thiazole rings is 1. The topological polar surface area (TPSA) is 92.4 Å².